The van der Waals surface area contributed by atoms with Crippen molar-refractivity contribution in [1.82, 2.24) is 0 Å². The molecule has 2 saturated carbocycles. The molecule has 2 aliphatic carbocycles. The lowest BCUT2D eigenvalue weighted by molar-refractivity contribution is -0.163. The van der Waals surface area contributed by atoms with Gasteiger partial charge in [-0.3, -0.25) is 9.59 Å². The summed E-state index contributed by atoms with van der Waals surface area (Å²) in [6.07, 6.45) is 13.7. The van der Waals surface area contributed by atoms with Gasteiger partial charge in [0.05, 0.1) is 18.4 Å². The molecule has 1 N–H and O–H groups in total. The molecule has 2 rings (SSSR count). The number of unbranched alkanes of at least 4 members (excludes halogenated alkanes) is 5. The van der Waals surface area contributed by atoms with Crippen LogP contribution in [0.25, 0.3) is 0 Å². The van der Waals surface area contributed by atoms with Crippen LogP contribution in [0.2, 0.25) is 0 Å². The van der Waals surface area contributed by atoms with Crippen molar-refractivity contribution < 1.29 is 19.4 Å². The van der Waals surface area contributed by atoms with Crippen LogP contribution in [0.3, 0.4) is 0 Å². The minimum absolute atomic E-state index is 0.275. The average molecular weight is 437 g/mol. The van der Waals surface area contributed by atoms with E-state index in [-0.39, 0.29) is 5.97 Å². The number of hydrogen-bond acceptors (Lipinski definition) is 3. The first-order chi connectivity index (χ1) is 14.7. The van der Waals surface area contributed by atoms with E-state index in [1.54, 1.807) is 0 Å². The van der Waals surface area contributed by atoms with E-state index in [0.717, 1.165) is 12.8 Å². The first kappa shape index (κ1) is 26.2. The highest BCUT2D eigenvalue weighted by Crippen LogP contribution is 2.51. The van der Waals surface area contributed by atoms with Gasteiger partial charge in [-0.15, -0.1) is 0 Å². The zero-order valence-electron chi connectivity index (χ0n) is 20.8. The molecule has 2 aliphatic rings. The van der Waals surface area contributed by atoms with Gasteiger partial charge < -0.3 is 9.84 Å². The van der Waals surface area contributed by atoms with Crippen molar-refractivity contribution in [2.45, 2.75) is 112 Å². The molecule has 0 aromatic heterocycles. The summed E-state index contributed by atoms with van der Waals surface area (Å²) in [5, 5.41) is 9.57. The van der Waals surface area contributed by atoms with Crippen molar-refractivity contribution in [1.29, 1.82) is 0 Å². The number of rotatable bonds is 11. The minimum Gasteiger partial charge on any atom is -0.481 e. The summed E-state index contributed by atoms with van der Waals surface area (Å²) in [5.74, 6) is -0.215. The fraction of sp³-hybridized carbons (Fsp3) is 0.926. The molecule has 0 saturated heterocycles. The Morgan fingerprint density at radius 3 is 2.29 bits per heavy atom. The predicted molar refractivity (Wildman–Crippen MR) is 126 cm³/mol. The second-order valence-electron chi connectivity index (χ2n) is 11.2. The molecule has 0 aliphatic heterocycles. The Kier molecular flexibility index (Phi) is 10.4. The van der Waals surface area contributed by atoms with Gasteiger partial charge in [0.1, 0.15) is 0 Å². The monoisotopic (exact) mass is 436 g/mol. The zero-order chi connectivity index (χ0) is 23.0. The molecule has 7 atom stereocenters. The molecule has 2 fully saturated rings. The van der Waals surface area contributed by atoms with Gasteiger partial charge in [0, 0.05) is 0 Å². The highest BCUT2D eigenvalue weighted by molar-refractivity contribution is 5.81. The van der Waals surface area contributed by atoms with E-state index >= 15 is 0 Å². The maximum atomic E-state index is 12.8. The van der Waals surface area contributed by atoms with Gasteiger partial charge in [0.15, 0.2) is 0 Å². The smallest absolute Gasteiger partial charge is 0.309 e. The van der Waals surface area contributed by atoms with Crippen LogP contribution in [0, 0.1) is 40.9 Å². The largest absolute Gasteiger partial charge is 0.481 e. The lowest BCUT2D eigenvalue weighted by Gasteiger charge is -2.49. The summed E-state index contributed by atoms with van der Waals surface area (Å²) in [6, 6.07) is 0. The molecular weight excluding hydrogens is 388 g/mol. The van der Waals surface area contributed by atoms with E-state index in [4.69, 9.17) is 4.74 Å². The molecule has 0 aromatic carbocycles. The summed E-state index contributed by atoms with van der Waals surface area (Å²) in [4.78, 5) is 24.5. The van der Waals surface area contributed by atoms with Gasteiger partial charge in [-0.1, -0.05) is 73.1 Å². The molecule has 0 heterocycles. The summed E-state index contributed by atoms with van der Waals surface area (Å²) < 4.78 is 5.80. The molecule has 4 nitrogen and oxygen atoms in total. The van der Waals surface area contributed by atoms with Gasteiger partial charge >= 0.3 is 11.9 Å². The summed E-state index contributed by atoms with van der Waals surface area (Å²) in [6.45, 7) is 12.0. The zero-order valence-corrected chi connectivity index (χ0v) is 20.8. The van der Waals surface area contributed by atoms with Crippen molar-refractivity contribution in [3.8, 4) is 0 Å². The van der Waals surface area contributed by atoms with Gasteiger partial charge in [-0.2, -0.15) is 0 Å². The maximum Gasteiger partial charge on any atom is 0.309 e. The molecular formula is C27H48O4. The second kappa shape index (κ2) is 12.3. The summed E-state index contributed by atoms with van der Waals surface area (Å²) >= 11 is 0. The first-order valence-electron chi connectivity index (χ1n) is 13.1. The Balaban J connectivity index is 1.88. The van der Waals surface area contributed by atoms with Crippen LogP contribution in [0.5, 0.6) is 0 Å². The highest BCUT2D eigenvalue weighted by Gasteiger charge is 2.44. The Morgan fingerprint density at radius 1 is 0.935 bits per heavy atom. The normalized spacial score (nSPS) is 36.2. The molecule has 0 spiro atoms. The molecule has 0 aromatic rings. The van der Waals surface area contributed by atoms with Crippen molar-refractivity contribution in [2.75, 3.05) is 6.61 Å². The topological polar surface area (TPSA) is 63.6 Å². The van der Waals surface area contributed by atoms with E-state index in [0.29, 0.717) is 48.5 Å². The number of aliphatic carboxylic acids is 1. The van der Waals surface area contributed by atoms with Crippen molar-refractivity contribution in [3.05, 3.63) is 0 Å². The fourth-order valence-corrected chi connectivity index (χ4v) is 6.25. The maximum absolute atomic E-state index is 12.8. The lowest BCUT2D eigenvalue weighted by atomic mass is 9.57. The number of carbonyl (C=O) groups is 2. The van der Waals surface area contributed by atoms with Crippen molar-refractivity contribution in [2.24, 2.45) is 40.9 Å². The van der Waals surface area contributed by atoms with E-state index in [1.165, 1.54) is 51.4 Å². The molecule has 31 heavy (non-hydrogen) atoms. The molecule has 0 radical (unpaired) electrons. The Labute approximate surface area is 190 Å². The molecule has 0 amide bonds. The molecule has 180 valence electrons. The van der Waals surface area contributed by atoms with E-state index in [1.807, 2.05) is 0 Å². The molecule has 4 heteroatoms. The number of carboxylic acids is 1. The van der Waals surface area contributed by atoms with Crippen LogP contribution in [0.4, 0.5) is 0 Å². The standard InChI is InChI=1S/C27H48O4/c1-6-7-8-9-10-11-16-27(5)20(3)13-14-22(21(27)4)18-31-26(30)23-15-12-19(2)17-24(23)25(28)29/h19-24H,6-18H2,1-5H3,(H,28,29). The number of ether oxygens (including phenoxy) is 1. The van der Waals surface area contributed by atoms with Gasteiger partial charge in [0.25, 0.3) is 0 Å². The predicted octanol–water partition coefficient (Wildman–Crippen LogP) is 7.11. The van der Waals surface area contributed by atoms with Crippen molar-refractivity contribution >= 4 is 11.9 Å². The second-order valence-corrected chi connectivity index (χ2v) is 11.2. The first-order valence-corrected chi connectivity index (χ1v) is 13.1. The van der Waals surface area contributed by atoms with Crippen LogP contribution < -0.4 is 0 Å². The van der Waals surface area contributed by atoms with Crippen LogP contribution >= 0.6 is 0 Å². The third kappa shape index (κ3) is 6.96. The van der Waals surface area contributed by atoms with Gasteiger partial charge in [0.2, 0.25) is 0 Å². The van der Waals surface area contributed by atoms with Crippen LogP contribution in [0.1, 0.15) is 112 Å². The third-order valence-electron chi connectivity index (χ3n) is 9.08. The Hall–Kier alpha value is -1.06. The molecule has 7 unspecified atom stereocenters. The summed E-state index contributed by atoms with van der Waals surface area (Å²) in [7, 11) is 0. The number of carboxylic acid groups (broad SMARTS) is 1. The Bertz CT molecular complexity index is 574. The van der Waals surface area contributed by atoms with E-state index in [2.05, 4.69) is 34.6 Å². The highest BCUT2D eigenvalue weighted by atomic mass is 16.5. The average Bonchev–Trinajstić information content (AvgIpc) is 2.74. The molecule has 0 bridgehead atoms. The van der Waals surface area contributed by atoms with Crippen LogP contribution in [-0.4, -0.2) is 23.7 Å². The van der Waals surface area contributed by atoms with Crippen LogP contribution in [0.15, 0.2) is 0 Å². The number of esters is 1. The number of hydrogen-bond donors (Lipinski definition) is 1. The number of carbonyl (C=O) groups excluding carboxylic acids is 1. The minimum atomic E-state index is -0.847. The fourth-order valence-electron chi connectivity index (χ4n) is 6.25. The summed E-state index contributed by atoms with van der Waals surface area (Å²) in [5.41, 5.74) is 0.296. The third-order valence-corrected chi connectivity index (χ3v) is 9.08. The van der Waals surface area contributed by atoms with Gasteiger partial charge in [-0.25, -0.2) is 0 Å². The lowest BCUT2D eigenvalue weighted by Crippen LogP contribution is -2.43. The van der Waals surface area contributed by atoms with Crippen LogP contribution in [-0.2, 0) is 14.3 Å². The quantitative estimate of drug-likeness (QED) is 0.277. The van der Waals surface area contributed by atoms with E-state index < -0.39 is 17.8 Å². The van der Waals surface area contributed by atoms with E-state index in [9.17, 15) is 14.7 Å². The SMILES string of the molecule is CCCCCCCCC1(C)C(C)CCC(COC(=O)C2CCC(C)CC2C(=O)O)C1C. The Morgan fingerprint density at radius 2 is 1.61 bits per heavy atom. The van der Waals surface area contributed by atoms with Crippen molar-refractivity contribution in [3.63, 3.8) is 0 Å². The van der Waals surface area contributed by atoms with Gasteiger partial charge in [-0.05, 0) is 67.6 Å².